The molecule has 0 aliphatic heterocycles. The maximum atomic E-state index is 12.1. The predicted molar refractivity (Wildman–Crippen MR) is 91.5 cm³/mol. The van der Waals surface area contributed by atoms with Crippen LogP contribution in [0.4, 0.5) is 0 Å². The minimum absolute atomic E-state index is 0.0604. The molecule has 8 nitrogen and oxygen atoms in total. The maximum Gasteiger partial charge on any atom is 0.341 e. The van der Waals surface area contributed by atoms with Crippen molar-refractivity contribution in [1.29, 1.82) is 0 Å². The van der Waals surface area contributed by atoms with Gasteiger partial charge in [0.15, 0.2) is 5.76 Å². The van der Waals surface area contributed by atoms with Gasteiger partial charge in [-0.05, 0) is 24.3 Å². The lowest BCUT2D eigenvalue weighted by Crippen LogP contribution is -2.30. The van der Waals surface area contributed by atoms with Crippen molar-refractivity contribution in [3.63, 3.8) is 0 Å². The van der Waals surface area contributed by atoms with E-state index in [0.29, 0.717) is 0 Å². The van der Waals surface area contributed by atoms with Gasteiger partial charge in [0, 0.05) is 0 Å². The molecule has 0 unspecified atom stereocenters. The molecule has 1 N–H and O–H groups in total. The van der Waals surface area contributed by atoms with Crippen molar-refractivity contribution in [2.24, 2.45) is 0 Å². The number of esters is 2. The van der Waals surface area contributed by atoms with Crippen molar-refractivity contribution in [1.82, 2.24) is 4.72 Å². The van der Waals surface area contributed by atoms with E-state index in [0.717, 1.165) is 6.07 Å². The normalized spacial score (nSPS) is 11.2. The molecule has 0 fully saturated rings. The van der Waals surface area contributed by atoms with Crippen LogP contribution < -0.4 is 4.72 Å². The number of ether oxygens (including phenoxy) is 2. The number of hydrogen-bond acceptors (Lipinski definition) is 7. The summed E-state index contributed by atoms with van der Waals surface area (Å²) in [5.74, 6) is -1.44. The van der Waals surface area contributed by atoms with Gasteiger partial charge in [0.2, 0.25) is 10.0 Å². The molecule has 0 amide bonds. The highest BCUT2D eigenvalue weighted by Crippen LogP contribution is 2.24. The fourth-order valence-electron chi connectivity index (χ4n) is 1.82. The molecule has 0 bridgehead atoms. The molecule has 11 heteroatoms. The second kappa shape index (κ2) is 8.54. The van der Waals surface area contributed by atoms with E-state index >= 15 is 0 Å². The molecule has 0 spiro atoms. The van der Waals surface area contributed by atoms with E-state index in [4.69, 9.17) is 32.4 Å². The van der Waals surface area contributed by atoms with Crippen molar-refractivity contribution in [3.05, 3.63) is 51.9 Å². The summed E-state index contributed by atoms with van der Waals surface area (Å²) in [6, 6.07) is 5.08. The summed E-state index contributed by atoms with van der Waals surface area (Å²) in [6.07, 6.45) is 1.24. The van der Waals surface area contributed by atoms with E-state index in [-0.39, 0.29) is 32.9 Å². The molecule has 26 heavy (non-hydrogen) atoms. The number of carbonyl (C=O) groups is 2. The second-order valence-electron chi connectivity index (χ2n) is 4.81. The summed E-state index contributed by atoms with van der Waals surface area (Å²) in [4.78, 5) is 23.1. The van der Waals surface area contributed by atoms with Crippen LogP contribution in [0.3, 0.4) is 0 Å². The van der Waals surface area contributed by atoms with Crippen molar-refractivity contribution >= 4 is 45.2 Å². The fourth-order valence-corrected chi connectivity index (χ4v) is 3.18. The van der Waals surface area contributed by atoms with Gasteiger partial charge < -0.3 is 13.9 Å². The molecule has 0 aliphatic rings. The highest BCUT2D eigenvalue weighted by molar-refractivity contribution is 7.89. The molecule has 140 valence electrons. The predicted octanol–water partition coefficient (Wildman–Crippen LogP) is 2.39. The van der Waals surface area contributed by atoms with Crippen LogP contribution in [0.25, 0.3) is 0 Å². The van der Waals surface area contributed by atoms with E-state index < -0.39 is 28.5 Å². The summed E-state index contributed by atoms with van der Waals surface area (Å²) in [5, 5.41) is 0.259. The van der Waals surface area contributed by atoms with E-state index in [1.165, 1.54) is 31.6 Å². The first-order chi connectivity index (χ1) is 12.2. The minimum Gasteiger partial charge on any atom is -0.465 e. The first-order valence-electron chi connectivity index (χ1n) is 6.99. The number of methoxy groups -OCH3 is 1. The molecule has 1 heterocycles. The quantitative estimate of drug-likeness (QED) is 0.682. The minimum atomic E-state index is -3.98. The van der Waals surface area contributed by atoms with Gasteiger partial charge in [0.25, 0.3) is 0 Å². The van der Waals surface area contributed by atoms with Crippen molar-refractivity contribution in [3.8, 4) is 0 Å². The second-order valence-corrected chi connectivity index (χ2v) is 7.39. The van der Waals surface area contributed by atoms with Gasteiger partial charge in [0.1, 0.15) is 18.7 Å². The Morgan fingerprint density at radius 1 is 1.19 bits per heavy atom. The molecule has 0 atom stereocenters. The topological polar surface area (TPSA) is 112 Å². The van der Waals surface area contributed by atoms with Crippen LogP contribution in [0.1, 0.15) is 16.1 Å². The van der Waals surface area contributed by atoms with Gasteiger partial charge in [0.05, 0.1) is 28.3 Å². The van der Waals surface area contributed by atoms with Crippen LogP contribution in [-0.4, -0.2) is 34.0 Å². The van der Waals surface area contributed by atoms with Crippen LogP contribution in [0.2, 0.25) is 10.0 Å². The molecule has 0 aliphatic carbocycles. The lowest BCUT2D eigenvalue weighted by Gasteiger charge is -2.08. The molecular formula is C15H13Cl2NO7S. The number of benzene rings is 1. The first-order valence-corrected chi connectivity index (χ1v) is 9.23. The number of nitrogens with one attached hydrogen (secondary N) is 1. The standard InChI is InChI=1S/C15H13Cl2NO7S/c1-23-15(20)10-4-5-24-13(10)8-25-14(19)7-18-26(21,22)9-2-3-11(16)12(17)6-9/h2-6,18H,7-8H2,1H3. The zero-order valence-corrected chi connectivity index (χ0v) is 15.7. The monoisotopic (exact) mass is 421 g/mol. The first kappa shape index (κ1) is 20.2. The lowest BCUT2D eigenvalue weighted by atomic mass is 10.2. The molecule has 0 saturated heterocycles. The highest BCUT2D eigenvalue weighted by Gasteiger charge is 2.19. The summed E-state index contributed by atoms with van der Waals surface area (Å²) < 4.78 is 40.8. The van der Waals surface area contributed by atoms with Gasteiger partial charge in [-0.2, -0.15) is 4.72 Å². The molecule has 1 aromatic carbocycles. The average Bonchev–Trinajstić information content (AvgIpc) is 3.08. The number of carbonyl (C=O) groups excluding carboxylic acids is 2. The van der Waals surface area contributed by atoms with Gasteiger partial charge in [-0.15, -0.1) is 0 Å². The molecule has 2 rings (SSSR count). The largest absolute Gasteiger partial charge is 0.465 e. The van der Waals surface area contributed by atoms with Crippen LogP contribution in [0, 0.1) is 0 Å². The molecule has 0 radical (unpaired) electrons. The van der Waals surface area contributed by atoms with E-state index in [1.807, 2.05) is 0 Å². The zero-order chi connectivity index (χ0) is 19.3. The Hall–Kier alpha value is -2.07. The Morgan fingerprint density at radius 3 is 2.58 bits per heavy atom. The Balaban J connectivity index is 1.93. The van der Waals surface area contributed by atoms with Gasteiger partial charge in [-0.25, -0.2) is 13.2 Å². The Labute approximate surface area is 159 Å². The summed E-state index contributed by atoms with van der Waals surface area (Å²) in [5.41, 5.74) is 0.108. The van der Waals surface area contributed by atoms with Crippen LogP contribution in [-0.2, 0) is 30.9 Å². The van der Waals surface area contributed by atoms with Crippen molar-refractivity contribution in [2.45, 2.75) is 11.5 Å². The van der Waals surface area contributed by atoms with E-state index in [2.05, 4.69) is 9.46 Å². The van der Waals surface area contributed by atoms with E-state index in [1.54, 1.807) is 0 Å². The van der Waals surface area contributed by atoms with Gasteiger partial charge in [-0.1, -0.05) is 23.2 Å². The number of sulfonamides is 1. The summed E-state index contributed by atoms with van der Waals surface area (Å²) in [6.45, 7) is -0.985. The Bertz CT molecular complexity index is 924. The smallest absolute Gasteiger partial charge is 0.341 e. The third-order valence-electron chi connectivity index (χ3n) is 3.12. The van der Waals surface area contributed by atoms with E-state index in [9.17, 15) is 18.0 Å². The zero-order valence-electron chi connectivity index (χ0n) is 13.3. The number of halogens is 2. The van der Waals surface area contributed by atoms with Crippen LogP contribution in [0.15, 0.2) is 39.8 Å². The van der Waals surface area contributed by atoms with Gasteiger partial charge in [-0.3, -0.25) is 4.79 Å². The maximum absolute atomic E-state index is 12.1. The SMILES string of the molecule is COC(=O)c1ccoc1COC(=O)CNS(=O)(=O)c1ccc(Cl)c(Cl)c1. The average molecular weight is 422 g/mol. The highest BCUT2D eigenvalue weighted by atomic mass is 35.5. The van der Waals surface area contributed by atoms with Crippen molar-refractivity contribution < 1.29 is 31.9 Å². The molecular weight excluding hydrogens is 409 g/mol. The fraction of sp³-hybridized carbons (Fsp3) is 0.200. The third kappa shape index (κ3) is 4.98. The Kier molecular flexibility index (Phi) is 6.65. The molecule has 0 saturated carbocycles. The third-order valence-corrected chi connectivity index (χ3v) is 5.26. The molecule has 2 aromatic rings. The number of furan rings is 1. The summed E-state index contributed by atoms with van der Waals surface area (Å²) >= 11 is 11.5. The Morgan fingerprint density at radius 2 is 1.92 bits per heavy atom. The summed E-state index contributed by atoms with van der Waals surface area (Å²) in [7, 11) is -2.79. The lowest BCUT2D eigenvalue weighted by molar-refractivity contribution is -0.144. The number of hydrogen-bond donors (Lipinski definition) is 1. The van der Waals surface area contributed by atoms with Gasteiger partial charge >= 0.3 is 11.9 Å². The van der Waals surface area contributed by atoms with Crippen molar-refractivity contribution in [2.75, 3.05) is 13.7 Å². The number of rotatable bonds is 7. The van der Waals surface area contributed by atoms with Crippen LogP contribution in [0.5, 0.6) is 0 Å². The van der Waals surface area contributed by atoms with Crippen LogP contribution >= 0.6 is 23.2 Å². The molecule has 1 aromatic heterocycles.